The first-order chi connectivity index (χ1) is 8.38. The second-order valence-electron chi connectivity index (χ2n) is 3.40. The number of anilines is 2. The Morgan fingerprint density at radius 2 is 2.00 bits per heavy atom. The van der Waals surface area contributed by atoms with Crippen molar-refractivity contribution in [2.45, 2.75) is 4.21 Å². The summed E-state index contributed by atoms with van der Waals surface area (Å²) in [5.41, 5.74) is 6.33. The number of nitrogens with two attached hydrogens (primary N) is 1. The van der Waals surface area contributed by atoms with Crippen LogP contribution < -0.4 is 10.5 Å². The molecule has 2 rings (SSSR count). The minimum atomic E-state index is -3.58. The van der Waals surface area contributed by atoms with E-state index in [9.17, 15) is 8.42 Å². The molecule has 96 valence electrons. The summed E-state index contributed by atoms with van der Waals surface area (Å²) < 4.78 is 27.4. The first-order valence-corrected chi connectivity index (χ1v) is 8.19. The predicted molar refractivity (Wildman–Crippen MR) is 78.7 cm³/mol. The van der Waals surface area contributed by atoms with Crippen LogP contribution in [-0.2, 0) is 10.0 Å². The molecule has 4 nitrogen and oxygen atoms in total. The minimum Gasteiger partial charge on any atom is -0.398 e. The first-order valence-electron chi connectivity index (χ1n) is 4.72. The van der Waals surface area contributed by atoms with Crippen LogP contribution in [0, 0.1) is 0 Å². The second kappa shape index (κ2) is 5.08. The number of nitrogen functional groups attached to an aromatic ring is 1. The van der Waals surface area contributed by atoms with E-state index in [2.05, 4.69) is 20.7 Å². The highest BCUT2D eigenvalue weighted by Gasteiger charge is 2.16. The topological polar surface area (TPSA) is 72.2 Å². The summed E-state index contributed by atoms with van der Waals surface area (Å²) in [5, 5.41) is 0.308. The van der Waals surface area contributed by atoms with Crippen LogP contribution in [0.3, 0.4) is 0 Å². The lowest BCUT2D eigenvalue weighted by Crippen LogP contribution is -2.11. The lowest BCUT2D eigenvalue weighted by atomic mass is 10.3. The fourth-order valence-electron chi connectivity index (χ4n) is 1.24. The molecule has 0 aliphatic carbocycles. The molecule has 1 heterocycles. The molecule has 2 aromatic rings. The third-order valence-electron chi connectivity index (χ3n) is 2.07. The number of nitrogens with one attached hydrogen (secondary N) is 1. The summed E-state index contributed by atoms with van der Waals surface area (Å²) in [6.45, 7) is 0. The molecule has 0 spiro atoms. The van der Waals surface area contributed by atoms with Crippen LogP contribution >= 0.6 is 38.9 Å². The Bertz CT molecular complexity index is 685. The highest BCUT2D eigenvalue weighted by molar-refractivity contribution is 9.11. The summed E-state index contributed by atoms with van der Waals surface area (Å²) in [6.07, 6.45) is 0. The van der Waals surface area contributed by atoms with E-state index in [0.717, 1.165) is 15.1 Å². The Morgan fingerprint density at radius 1 is 1.28 bits per heavy atom. The van der Waals surface area contributed by atoms with Gasteiger partial charge in [-0.3, -0.25) is 4.72 Å². The smallest absolute Gasteiger partial charge is 0.271 e. The Kier molecular flexibility index (Phi) is 3.86. The van der Waals surface area contributed by atoms with Gasteiger partial charge in [-0.1, -0.05) is 11.6 Å². The zero-order valence-electron chi connectivity index (χ0n) is 8.85. The van der Waals surface area contributed by atoms with Gasteiger partial charge in [-0.15, -0.1) is 11.3 Å². The van der Waals surface area contributed by atoms with Gasteiger partial charge in [-0.2, -0.15) is 0 Å². The van der Waals surface area contributed by atoms with E-state index in [0.29, 0.717) is 16.4 Å². The van der Waals surface area contributed by atoms with Crippen molar-refractivity contribution in [3.8, 4) is 0 Å². The molecule has 1 aromatic carbocycles. The monoisotopic (exact) mass is 366 g/mol. The number of rotatable bonds is 3. The Labute approximate surface area is 122 Å². The first kappa shape index (κ1) is 13.7. The van der Waals surface area contributed by atoms with E-state index < -0.39 is 10.0 Å². The average molecular weight is 368 g/mol. The van der Waals surface area contributed by atoms with E-state index >= 15 is 0 Å². The predicted octanol–water partition coefficient (Wildman–Crippen LogP) is 3.55. The number of sulfonamides is 1. The van der Waals surface area contributed by atoms with Crippen LogP contribution in [0.2, 0.25) is 5.02 Å². The maximum Gasteiger partial charge on any atom is 0.271 e. The van der Waals surface area contributed by atoms with Crippen molar-refractivity contribution in [2.24, 2.45) is 0 Å². The SMILES string of the molecule is Nc1ccc(NS(=O)(=O)c2ccc(Br)s2)cc1Cl. The van der Waals surface area contributed by atoms with Gasteiger partial charge < -0.3 is 5.73 Å². The molecular formula is C10H8BrClN2O2S2. The summed E-state index contributed by atoms with van der Waals surface area (Å²) in [4.78, 5) is 0. The summed E-state index contributed by atoms with van der Waals surface area (Å²) >= 11 is 10.2. The fraction of sp³-hybridized carbons (Fsp3) is 0. The molecular weight excluding hydrogens is 360 g/mol. The molecule has 3 N–H and O–H groups in total. The normalized spacial score (nSPS) is 11.4. The van der Waals surface area contributed by atoms with Gasteiger partial charge in [0.15, 0.2) is 0 Å². The fourth-order valence-corrected chi connectivity index (χ4v) is 4.48. The van der Waals surface area contributed by atoms with Crippen LogP contribution in [0.1, 0.15) is 0 Å². The van der Waals surface area contributed by atoms with Crippen LogP contribution in [0.4, 0.5) is 11.4 Å². The zero-order valence-corrected chi connectivity index (χ0v) is 12.8. The molecule has 0 radical (unpaired) electrons. The van der Waals surface area contributed by atoms with E-state index in [4.69, 9.17) is 17.3 Å². The molecule has 0 aliphatic rings. The van der Waals surface area contributed by atoms with E-state index in [-0.39, 0.29) is 4.21 Å². The van der Waals surface area contributed by atoms with Gasteiger partial charge in [0.2, 0.25) is 0 Å². The maximum absolute atomic E-state index is 12.0. The highest BCUT2D eigenvalue weighted by Crippen LogP contribution is 2.29. The number of hydrogen-bond acceptors (Lipinski definition) is 4. The van der Waals surface area contributed by atoms with Crippen LogP contribution in [-0.4, -0.2) is 8.42 Å². The third-order valence-corrected chi connectivity index (χ3v) is 5.89. The second-order valence-corrected chi connectivity index (χ2v) is 8.18. The van der Waals surface area contributed by atoms with Crippen molar-refractivity contribution in [3.05, 3.63) is 39.1 Å². The molecule has 0 aliphatic heterocycles. The number of thiophene rings is 1. The molecule has 8 heteroatoms. The summed E-state index contributed by atoms with van der Waals surface area (Å²) in [5.74, 6) is 0. The third kappa shape index (κ3) is 2.97. The lowest BCUT2D eigenvalue weighted by molar-refractivity contribution is 0.603. The van der Waals surface area contributed by atoms with E-state index in [1.807, 2.05) is 0 Å². The van der Waals surface area contributed by atoms with Crippen molar-refractivity contribution in [3.63, 3.8) is 0 Å². The van der Waals surface area contributed by atoms with Crippen molar-refractivity contribution in [1.82, 2.24) is 0 Å². The summed E-state index contributed by atoms with van der Waals surface area (Å²) in [7, 11) is -3.58. The van der Waals surface area contributed by atoms with Gasteiger partial charge in [0.05, 0.1) is 20.2 Å². The molecule has 0 fully saturated rings. The van der Waals surface area contributed by atoms with E-state index in [1.165, 1.54) is 12.1 Å². The molecule has 1 aromatic heterocycles. The molecule has 0 amide bonds. The largest absolute Gasteiger partial charge is 0.398 e. The Hall–Kier alpha value is -0.760. The van der Waals surface area contributed by atoms with E-state index in [1.54, 1.807) is 18.2 Å². The molecule has 0 atom stereocenters. The Balaban J connectivity index is 2.30. The maximum atomic E-state index is 12.0. The van der Waals surface area contributed by atoms with Crippen molar-refractivity contribution < 1.29 is 8.42 Å². The van der Waals surface area contributed by atoms with Gasteiger partial charge in [-0.25, -0.2) is 8.42 Å². The summed E-state index contributed by atoms with van der Waals surface area (Å²) in [6, 6.07) is 7.77. The number of benzene rings is 1. The zero-order chi connectivity index (χ0) is 13.3. The Morgan fingerprint density at radius 3 is 2.56 bits per heavy atom. The van der Waals surface area contributed by atoms with Crippen LogP contribution in [0.15, 0.2) is 38.3 Å². The molecule has 0 saturated heterocycles. The number of hydrogen-bond donors (Lipinski definition) is 2. The van der Waals surface area contributed by atoms with Gasteiger partial charge in [0.25, 0.3) is 10.0 Å². The molecule has 0 bridgehead atoms. The van der Waals surface area contributed by atoms with Gasteiger partial charge in [0.1, 0.15) is 4.21 Å². The van der Waals surface area contributed by atoms with Crippen LogP contribution in [0.5, 0.6) is 0 Å². The highest BCUT2D eigenvalue weighted by atomic mass is 79.9. The van der Waals surface area contributed by atoms with Gasteiger partial charge in [0, 0.05) is 0 Å². The standard InChI is InChI=1S/C10H8BrClN2O2S2/c11-9-3-4-10(17-9)18(15,16)14-6-1-2-8(13)7(12)5-6/h1-5,14H,13H2. The van der Waals surface area contributed by atoms with Crippen molar-refractivity contribution in [2.75, 3.05) is 10.5 Å². The molecule has 0 saturated carbocycles. The lowest BCUT2D eigenvalue weighted by Gasteiger charge is -2.07. The quantitative estimate of drug-likeness (QED) is 0.815. The van der Waals surface area contributed by atoms with Crippen molar-refractivity contribution in [1.29, 1.82) is 0 Å². The average Bonchev–Trinajstić information content (AvgIpc) is 2.71. The molecule has 18 heavy (non-hydrogen) atoms. The molecule has 0 unspecified atom stereocenters. The van der Waals surface area contributed by atoms with Gasteiger partial charge in [-0.05, 0) is 46.3 Å². The van der Waals surface area contributed by atoms with Crippen molar-refractivity contribution >= 4 is 60.3 Å². The van der Waals surface area contributed by atoms with Gasteiger partial charge >= 0.3 is 0 Å². The van der Waals surface area contributed by atoms with Crippen LogP contribution in [0.25, 0.3) is 0 Å². The minimum absolute atomic E-state index is 0.224. The number of halogens is 2.